The van der Waals surface area contributed by atoms with Gasteiger partial charge in [-0.15, -0.1) is 0 Å². The lowest BCUT2D eigenvalue weighted by Gasteiger charge is -2.08. The van der Waals surface area contributed by atoms with Gasteiger partial charge in [0, 0.05) is 27.9 Å². The summed E-state index contributed by atoms with van der Waals surface area (Å²) in [4.78, 5) is 17.0. The minimum absolute atomic E-state index is 0.302. The van der Waals surface area contributed by atoms with E-state index in [1.165, 1.54) is 13.2 Å². The number of carbonyl (C=O) groups is 1. The number of oxazole rings is 1. The van der Waals surface area contributed by atoms with Crippen molar-refractivity contribution in [2.24, 2.45) is 0 Å². The number of amides is 1. The number of rotatable bonds is 5. The first kappa shape index (κ1) is 21.9. The van der Waals surface area contributed by atoms with E-state index in [0.29, 0.717) is 32.9 Å². The van der Waals surface area contributed by atoms with Gasteiger partial charge in [0.05, 0.1) is 12.1 Å². The number of nitrogens with zero attached hydrogens (tertiary/aromatic N) is 1. The number of ether oxygens (including phenoxy) is 1. The third-order valence-electron chi connectivity index (χ3n) is 4.87. The molecule has 1 N–H and O–H groups in total. The largest absolute Gasteiger partial charge is 0.495 e. The number of hydrogen-bond acceptors (Lipinski definition) is 4. The van der Waals surface area contributed by atoms with Crippen LogP contribution in [0, 0.1) is 13.8 Å². The maximum atomic E-state index is 12.4. The van der Waals surface area contributed by atoms with Gasteiger partial charge in [0.1, 0.15) is 11.3 Å². The number of aryl methyl sites for hydroxylation is 2. The Bertz CT molecular complexity index is 1340. The predicted octanol–water partition coefficient (Wildman–Crippen LogP) is 7.08. The van der Waals surface area contributed by atoms with E-state index in [-0.39, 0.29) is 5.91 Å². The van der Waals surface area contributed by atoms with E-state index >= 15 is 0 Å². The molecule has 32 heavy (non-hydrogen) atoms. The first-order valence-corrected chi connectivity index (χ1v) is 10.6. The number of carbonyl (C=O) groups excluding carboxylic acids is 1. The summed E-state index contributed by atoms with van der Waals surface area (Å²) in [6, 6.07) is 14.6. The zero-order valence-electron chi connectivity index (χ0n) is 17.7. The summed E-state index contributed by atoms with van der Waals surface area (Å²) in [5, 5.41) is 3.65. The van der Waals surface area contributed by atoms with Crippen LogP contribution in [-0.4, -0.2) is 18.0 Å². The fraction of sp³-hybridized carbons (Fsp3) is 0.120. The van der Waals surface area contributed by atoms with Gasteiger partial charge in [-0.1, -0.05) is 29.3 Å². The molecule has 4 rings (SSSR count). The summed E-state index contributed by atoms with van der Waals surface area (Å²) < 4.78 is 11.2. The number of anilines is 1. The number of methoxy groups -OCH3 is 1. The second-order valence-electron chi connectivity index (χ2n) is 7.36. The van der Waals surface area contributed by atoms with E-state index in [9.17, 15) is 4.79 Å². The minimum Gasteiger partial charge on any atom is -0.495 e. The van der Waals surface area contributed by atoms with Crippen molar-refractivity contribution in [2.45, 2.75) is 13.8 Å². The normalized spacial score (nSPS) is 11.3. The first-order valence-electron chi connectivity index (χ1n) is 9.84. The smallest absolute Gasteiger partial charge is 0.248 e. The predicted molar refractivity (Wildman–Crippen MR) is 130 cm³/mol. The zero-order chi connectivity index (χ0) is 22.8. The van der Waals surface area contributed by atoms with Crippen molar-refractivity contribution in [1.29, 1.82) is 0 Å². The van der Waals surface area contributed by atoms with Crippen LogP contribution in [0.4, 0.5) is 5.69 Å². The van der Waals surface area contributed by atoms with E-state index < -0.39 is 0 Å². The van der Waals surface area contributed by atoms with Crippen LogP contribution in [0.2, 0.25) is 10.0 Å². The van der Waals surface area contributed by atoms with E-state index in [1.54, 1.807) is 30.3 Å². The Labute approximate surface area is 195 Å². The lowest BCUT2D eigenvalue weighted by molar-refractivity contribution is -0.111. The van der Waals surface area contributed by atoms with Crippen molar-refractivity contribution in [3.63, 3.8) is 0 Å². The molecule has 0 aliphatic rings. The third kappa shape index (κ3) is 4.64. The molecule has 0 saturated heterocycles. The molecule has 0 atom stereocenters. The van der Waals surface area contributed by atoms with Crippen molar-refractivity contribution < 1.29 is 13.9 Å². The van der Waals surface area contributed by atoms with Gasteiger partial charge >= 0.3 is 0 Å². The van der Waals surface area contributed by atoms with Gasteiger partial charge in [-0.25, -0.2) is 4.98 Å². The van der Waals surface area contributed by atoms with Crippen molar-refractivity contribution in [3.05, 3.63) is 81.3 Å². The Balaban J connectivity index is 1.49. The number of fused-ring (bicyclic) bond motifs is 1. The van der Waals surface area contributed by atoms with Crippen molar-refractivity contribution in [3.8, 4) is 17.2 Å². The quantitative estimate of drug-likeness (QED) is 0.319. The monoisotopic (exact) mass is 466 g/mol. The standard InChI is InChI=1S/C25H20Cl2N2O3/c1-14-10-15(2)23-21(11-14)29-25(32-23)16-4-7-19(8-5-16)28-22(30)9-6-17-12-18(26)13-20(27)24(17)31-3/h4-13H,1-3H3,(H,28,30)/b9-6+. The molecule has 1 aromatic heterocycles. The molecule has 0 spiro atoms. The molecule has 0 aliphatic carbocycles. The molecule has 4 aromatic rings. The summed E-state index contributed by atoms with van der Waals surface area (Å²) in [5.41, 5.74) is 5.87. The van der Waals surface area contributed by atoms with Crippen LogP contribution in [0.15, 0.2) is 59.0 Å². The fourth-order valence-corrected chi connectivity index (χ4v) is 4.05. The molecule has 0 saturated carbocycles. The van der Waals surface area contributed by atoms with E-state index in [1.807, 2.05) is 32.0 Å². The molecule has 0 radical (unpaired) electrons. The second-order valence-corrected chi connectivity index (χ2v) is 8.20. The van der Waals surface area contributed by atoms with Crippen LogP contribution in [0.25, 0.3) is 28.6 Å². The average molecular weight is 467 g/mol. The molecular weight excluding hydrogens is 447 g/mol. The van der Waals surface area contributed by atoms with Crippen LogP contribution in [0.1, 0.15) is 16.7 Å². The highest BCUT2D eigenvalue weighted by atomic mass is 35.5. The molecule has 7 heteroatoms. The Morgan fingerprint density at radius 1 is 1.09 bits per heavy atom. The van der Waals surface area contributed by atoms with Crippen LogP contribution in [0.3, 0.4) is 0 Å². The van der Waals surface area contributed by atoms with E-state index in [0.717, 1.165) is 27.8 Å². The molecule has 5 nitrogen and oxygen atoms in total. The highest BCUT2D eigenvalue weighted by Gasteiger charge is 2.11. The van der Waals surface area contributed by atoms with Crippen LogP contribution >= 0.6 is 23.2 Å². The van der Waals surface area contributed by atoms with E-state index in [4.69, 9.17) is 32.4 Å². The van der Waals surface area contributed by atoms with Crippen molar-refractivity contribution in [2.75, 3.05) is 12.4 Å². The summed E-state index contributed by atoms with van der Waals surface area (Å²) in [6.07, 6.45) is 2.99. The Kier molecular flexibility index (Phi) is 6.21. The molecule has 0 fully saturated rings. The SMILES string of the molecule is COc1c(Cl)cc(Cl)cc1/C=C/C(=O)Nc1ccc(-c2nc3cc(C)cc(C)c3o2)cc1. The maximum absolute atomic E-state index is 12.4. The molecule has 1 heterocycles. The lowest BCUT2D eigenvalue weighted by atomic mass is 10.1. The minimum atomic E-state index is -0.302. The van der Waals surface area contributed by atoms with Crippen LogP contribution in [0.5, 0.6) is 5.75 Å². The Morgan fingerprint density at radius 2 is 1.84 bits per heavy atom. The highest BCUT2D eigenvalue weighted by Crippen LogP contribution is 2.33. The van der Waals surface area contributed by atoms with Gasteiger partial charge in [0.15, 0.2) is 5.58 Å². The molecule has 1 amide bonds. The van der Waals surface area contributed by atoms with Gasteiger partial charge in [-0.3, -0.25) is 4.79 Å². The highest BCUT2D eigenvalue weighted by molar-refractivity contribution is 6.36. The third-order valence-corrected chi connectivity index (χ3v) is 5.37. The molecule has 162 valence electrons. The Hall–Kier alpha value is -3.28. The fourth-order valence-electron chi connectivity index (χ4n) is 3.47. The summed E-state index contributed by atoms with van der Waals surface area (Å²) in [7, 11) is 1.51. The second kappa shape index (κ2) is 9.07. The molecule has 0 unspecified atom stereocenters. The number of benzene rings is 3. The summed E-state index contributed by atoms with van der Waals surface area (Å²) in [6.45, 7) is 4.03. The number of nitrogens with one attached hydrogen (secondary N) is 1. The number of hydrogen-bond donors (Lipinski definition) is 1. The van der Waals surface area contributed by atoms with Gasteiger partial charge in [-0.2, -0.15) is 0 Å². The first-order chi connectivity index (χ1) is 15.3. The molecule has 0 bridgehead atoms. The molecule has 3 aromatic carbocycles. The van der Waals surface area contributed by atoms with Gasteiger partial charge in [0.2, 0.25) is 11.8 Å². The number of aromatic nitrogens is 1. The van der Waals surface area contributed by atoms with Crippen molar-refractivity contribution >= 4 is 52.0 Å². The van der Waals surface area contributed by atoms with Crippen LogP contribution in [-0.2, 0) is 4.79 Å². The Morgan fingerprint density at radius 3 is 2.56 bits per heavy atom. The van der Waals surface area contributed by atoms with Crippen molar-refractivity contribution in [1.82, 2.24) is 4.98 Å². The topological polar surface area (TPSA) is 64.4 Å². The number of halogens is 2. The van der Waals surface area contributed by atoms with Gasteiger partial charge in [-0.05, 0) is 73.5 Å². The van der Waals surface area contributed by atoms with E-state index in [2.05, 4.69) is 16.4 Å². The van der Waals surface area contributed by atoms with Gasteiger partial charge in [0.25, 0.3) is 0 Å². The lowest BCUT2D eigenvalue weighted by Crippen LogP contribution is -2.07. The molecule has 0 aliphatic heterocycles. The zero-order valence-corrected chi connectivity index (χ0v) is 19.2. The summed E-state index contributed by atoms with van der Waals surface area (Å²) in [5.74, 6) is 0.688. The van der Waals surface area contributed by atoms with Crippen LogP contribution < -0.4 is 10.1 Å². The molecular formula is C25H20Cl2N2O3. The maximum Gasteiger partial charge on any atom is 0.248 e. The summed E-state index contributed by atoms with van der Waals surface area (Å²) >= 11 is 12.2. The average Bonchev–Trinajstić information content (AvgIpc) is 3.17. The van der Waals surface area contributed by atoms with Gasteiger partial charge < -0.3 is 14.5 Å².